The minimum Gasteiger partial charge on any atom is -0.378 e. The Hall–Kier alpha value is 0.0700. The van der Waals surface area contributed by atoms with Crippen molar-refractivity contribution < 1.29 is 13.2 Å². The van der Waals surface area contributed by atoms with Gasteiger partial charge in [0.05, 0.1) is 18.1 Å². The molecule has 2 heterocycles. The number of hydrogen-bond donors (Lipinski definition) is 1. The molecule has 1 aromatic carbocycles. The number of sulfone groups is 1. The van der Waals surface area contributed by atoms with E-state index in [9.17, 15) is 8.42 Å². The highest BCUT2D eigenvalue weighted by atomic mass is 127. The van der Waals surface area contributed by atoms with E-state index in [0.717, 1.165) is 25.1 Å². The lowest BCUT2D eigenvalue weighted by atomic mass is 10.1. The zero-order valence-electron chi connectivity index (χ0n) is 12.8. The first-order chi connectivity index (χ1) is 10.9. The van der Waals surface area contributed by atoms with E-state index < -0.39 is 13.1 Å². The largest absolute Gasteiger partial charge is 0.378 e. The standard InChI is InChI=1S/C15H20ClIN2O3S/c1-10(17)23(20,21)15-3-2-11-6-19(7-12(11)4-15)14-5-13(18-16)8-22-9-14/h2-4,10,13-14,18H,5-9H2,1H3/t10?,13?,14-/m1/s1. The van der Waals surface area contributed by atoms with Crippen LogP contribution in [0.4, 0.5) is 0 Å². The summed E-state index contributed by atoms with van der Waals surface area (Å²) in [6, 6.07) is 5.97. The summed E-state index contributed by atoms with van der Waals surface area (Å²) in [7, 11) is -3.24. The summed E-state index contributed by atoms with van der Waals surface area (Å²) in [5, 5.41) is 0. The molecule has 0 spiro atoms. The van der Waals surface area contributed by atoms with Crippen molar-refractivity contribution in [1.29, 1.82) is 0 Å². The van der Waals surface area contributed by atoms with Gasteiger partial charge in [0.2, 0.25) is 0 Å². The maximum atomic E-state index is 12.3. The molecule has 0 radical (unpaired) electrons. The molecule has 1 saturated heterocycles. The lowest BCUT2D eigenvalue weighted by molar-refractivity contribution is 0.00224. The zero-order chi connectivity index (χ0) is 16.6. The van der Waals surface area contributed by atoms with Crippen molar-refractivity contribution in [2.75, 3.05) is 13.2 Å². The molecule has 5 nitrogen and oxygen atoms in total. The van der Waals surface area contributed by atoms with Crippen LogP contribution in [0.5, 0.6) is 0 Å². The summed E-state index contributed by atoms with van der Waals surface area (Å²) in [5.41, 5.74) is 2.30. The Morgan fingerprint density at radius 1 is 1.35 bits per heavy atom. The van der Waals surface area contributed by atoms with Gasteiger partial charge in [-0.15, -0.1) is 0 Å². The Balaban J connectivity index is 1.77. The molecule has 0 saturated carbocycles. The molecule has 1 N–H and O–H groups in total. The molecule has 2 aliphatic rings. The van der Waals surface area contributed by atoms with E-state index in [1.807, 2.05) is 34.7 Å². The number of rotatable bonds is 4. The third-order valence-corrected chi connectivity index (χ3v) is 8.62. The highest BCUT2D eigenvalue weighted by Crippen LogP contribution is 2.31. The lowest BCUT2D eigenvalue weighted by Gasteiger charge is -2.34. The summed E-state index contributed by atoms with van der Waals surface area (Å²) >= 11 is 7.67. The molecule has 2 aliphatic heterocycles. The van der Waals surface area contributed by atoms with Crippen molar-refractivity contribution in [3.8, 4) is 0 Å². The monoisotopic (exact) mass is 470 g/mol. The van der Waals surface area contributed by atoms with Gasteiger partial charge >= 0.3 is 0 Å². The minimum atomic E-state index is -3.24. The Labute approximate surface area is 155 Å². The fraction of sp³-hybridized carbons (Fsp3) is 0.600. The van der Waals surface area contributed by atoms with E-state index >= 15 is 0 Å². The van der Waals surface area contributed by atoms with Crippen molar-refractivity contribution in [3.05, 3.63) is 29.3 Å². The molecule has 0 aromatic heterocycles. The van der Waals surface area contributed by atoms with Gasteiger partial charge in [-0.25, -0.2) is 13.3 Å². The number of fused-ring (bicyclic) bond motifs is 1. The summed E-state index contributed by atoms with van der Waals surface area (Å²) < 4.78 is 29.9. The van der Waals surface area contributed by atoms with E-state index in [0.29, 0.717) is 24.2 Å². The van der Waals surface area contributed by atoms with Crippen LogP contribution in [0.15, 0.2) is 23.1 Å². The Kier molecular flexibility index (Phi) is 5.54. The van der Waals surface area contributed by atoms with E-state index in [2.05, 4.69) is 9.74 Å². The SMILES string of the molecule is CC(I)S(=O)(=O)c1ccc2c(c1)CN([C@H]1COCC(NCl)C1)C2. The summed E-state index contributed by atoms with van der Waals surface area (Å²) in [6.07, 6.45) is 0.938. The zero-order valence-corrected chi connectivity index (χ0v) is 16.6. The third kappa shape index (κ3) is 3.69. The first kappa shape index (κ1) is 17.9. The second kappa shape index (κ2) is 7.13. The summed E-state index contributed by atoms with van der Waals surface area (Å²) in [4.78, 5) is 5.52. The van der Waals surface area contributed by atoms with E-state index in [1.165, 1.54) is 5.56 Å². The van der Waals surface area contributed by atoms with Gasteiger partial charge in [-0.1, -0.05) is 28.7 Å². The number of halogens is 2. The molecule has 3 rings (SSSR count). The summed E-state index contributed by atoms with van der Waals surface area (Å²) in [5.74, 6) is 0. The van der Waals surface area contributed by atoms with E-state index in [1.54, 1.807) is 13.0 Å². The van der Waals surface area contributed by atoms with Crippen LogP contribution in [0.3, 0.4) is 0 Å². The number of ether oxygens (including phenoxy) is 1. The van der Waals surface area contributed by atoms with Gasteiger partial charge in [0, 0.05) is 25.2 Å². The number of alkyl halides is 1. The predicted octanol–water partition coefficient (Wildman–Crippen LogP) is 2.46. The minimum absolute atomic E-state index is 0.162. The van der Waals surface area contributed by atoms with Crippen LogP contribution in [0.2, 0.25) is 0 Å². The molecule has 23 heavy (non-hydrogen) atoms. The molecular formula is C15H20ClIN2O3S. The van der Waals surface area contributed by atoms with Crippen LogP contribution in [0.25, 0.3) is 0 Å². The average molecular weight is 471 g/mol. The van der Waals surface area contributed by atoms with Crippen molar-refractivity contribution in [1.82, 2.24) is 9.74 Å². The maximum absolute atomic E-state index is 12.3. The highest BCUT2D eigenvalue weighted by molar-refractivity contribution is 14.1. The van der Waals surface area contributed by atoms with Gasteiger partial charge in [0.1, 0.15) is 3.26 Å². The first-order valence-corrected chi connectivity index (χ1v) is 10.8. The molecule has 0 amide bonds. The molecular weight excluding hydrogens is 451 g/mol. The molecule has 0 aliphatic carbocycles. The van der Waals surface area contributed by atoms with Crippen molar-refractivity contribution in [2.24, 2.45) is 0 Å². The second-order valence-electron chi connectivity index (χ2n) is 6.16. The topological polar surface area (TPSA) is 58.6 Å². The fourth-order valence-electron chi connectivity index (χ4n) is 3.16. The molecule has 2 unspecified atom stereocenters. The second-order valence-corrected chi connectivity index (χ2v) is 11.4. The maximum Gasteiger partial charge on any atom is 0.190 e. The van der Waals surface area contributed by atoms with E-state index in [4.69, 9.17) is 16.5 Å². The van der Waals surface area contributed by atoms with Crippen LogP contribution in [0, 0.1) is 0 Å². The van der Waals surface area contributed by atoms with Gasteiger partial charge in [-0.05, 0) is 48.4 Å². The van der Waals surface area contributed by atoms with Gasteiger partial charge in [0.25, 0.3) is 0 Å². The first-order valence-electron chi connectivity index (χ1n) is 7.59. The van der Waals surface area contributed by atoms with Gasteiger partial charge < -0.3 is 4.74 Å². The fourth-order valence-corrected chi connectivity index (χ4v) is 5.13. The average Bonchev–Trinajstić information content (AvgIpc) is 2.97. The number of nitrogens with one attached hydrogen (secondary N) is 1. The van der Waals surface area contributed by atoms with Gasteiger partial charge in [-0.3, -0.25) is 4.90 Å². The van der Waals surface area contributed by atoms with Crippen LogP contribution < -0.4 is 4.84 Å². The Bertz CT molecular complexity index is 683. The van der Waals surface area contributed by atoms with Gasteiger partial charge in [-0.2, -0.15) is 0 Å². The molecule has 3 atom stereocenters. The quantitative estimate of drug-likeness (QED) is 0.416. The van der Waals surface area contributed by atoms with Crippen LogP contribution in [-0.2, 0) is 27.7 Å². The molecule has 0 bridgehead atoms. The highest BCUT2D eigenvalue weighted by Gasteiger charge is 2.32. The van der Waals surface area contributed by atoms with Crippen LogP contribution in [-0.4, -0.2) is 41.9 Å². The van der Waals surface area contributed by atoms with Crippen molar-refractivity contribution in [2.45, 2.75) is 46.7 Å². The molecule has 1 fully saturated rings. The van der Waals surface area contributed by atoms with Crippen LogP contribution in [0.1, 0.15) is 24.5 Å². The van der Waals surface area contributed by atoms with Crippen molar-refractivity contribution in [3.63, 3.8) is 0 Å². The smallest absolute Gasteiger partial charge is 0.190 e. The molecule has 1 aromatic rings. The lowest BCUT2D eigenvalue weighted by Crippen LogP contribution is -2.46. The van der Waals surface area contributed by atoms with Crippen molar-refractivity contribution >= 4 is 44.2 Å². The molecule has 8 heteroatoms. The normalized spacial score (nSPS) is 26.9. The predicted molar refractivity (Wildman–Crippen MR) is 98.4 cm³/mol. The third-order valence-electron chi connectivity index (χ3n) is 4.54. The number of benzene rings is 1. The van der Waals surface area contributed by atoms with Crippen LogP contribution >= 0.6 is 34.4 Å². The van der Waals surface area contributed by atoms with Gasteiger partial charge in [0.15, 0.2) is 9.84 Å². The summed E-state index contributed by atoms with van der Waals surface area (Å²) in [6.45, 7) is 4.62. The number of hydrogen-bond acceptors (Lipinski definition) is 5. The van der Waals surface area contributed by atoms with E-state index in [-0.39, 0.29) is 6.04 Å². The Morgan fingerprint density at radius 3 is 2.78 bits per heavy atom. The Morgan fingerprint density at radius 2 is 2.09 bits per heavy atom. The number of nitrogens with zero attached hydrogens (tertiary/aromatic N) is 1. The molecule has 128 valence electrons.